The molecule has 2 unspecified atom stereocenters. The Labute approximate surface area is 167 Å². The van der Waals surface area contributed by atoms with Crippen molar-refractivity contribution in [1.82, 2.24) is 0 Å². The van der Waals surface area contributed by atoms with Crippen LogP contribution in [0, 0.1) is 0 Å². The van der Waals surface area contributed by atoms with Gasteiger partial charge in [0, 0.05) is 16.7 Å². The molecule has 154 valence electrons. The van der Waals surface area contributed by atoms with Gasteiger partial charge in [-0.15, -0.1) is 0 Å². The van der Waals surface area contributed by atoms with Crippen LogP contribution >= 0.6 is 0 Å². The van der Waals surface area contributed by atoms with Gasteiger partial charge in [0.2, 0.25) is 0 Å². The molecule has 2 atom stereocenters. The van der Waals surface area contributed by atoms with Gasteiger partial charge in [0.1, 0.15) is 11.5 Å². The van der Waals surface area contributed by atoms with Gasteiger partial charge < -0.3 is 25.2 Å². The molecule has 2 rings (SSSR count). The Hall–Kier alpha value is -2.40. The van der Waals surface area contributed by atoms with Crippen molar-refractivity contribution in [3.05, 3.63) is 47.0 Å². The molecule has 0 saturated heterocycles. The van der Waals surface area contributed by atoms with Crippen LogP contribution in [-0.4, -0.2) is 27.0 Å². The molecule has 0 radical (unpaired) electrons. The van der Waals surface area contributed by atoms with Gasteiger partial charge in [0.15, 0.2) is 11.5 Å². The van der Waals surface area contributed by atoms with Crippen LogP contribution in [0.4, 0.5) is 0 Å². The second-order valence-corrected chi connectivity index (χ2v) is 7.22. The zero-order chi connectivity index (χ0) is 20.7. The number of phenolic OH excluding ortho intramolecular Hbond substituents is 3. The van der Waals surface area contributed by atoms with Crippen LogP contribution in [0.15, 0.2) is 30.3 Å². The zero-order valence-corrected chi connectivity index (χ0v) is 17.0. The van der Waals surface area contributed by atoms with E-state index in [9.17, 15) is 20.4 Å². The maximum atomic E-state index is 10.5. The monoisotopic (exact) mass is 388 g/mol. The lowest BCUT2D eigenvalue weighted by atomic mass is 9.91. The van der Waals surface area contributed by atoms with Crippen LogP contribution in [-0.2, 0) is 6.42 Å². The molecule has 0 aliphatic rings. The maximum absolute atomic E-state index is 10.5. The number of benzene rings is 2. The molecule has 0 bridgehead atoms. The summed E-state index contributed by atoms with van der Waals surface area (Å²) < 4.78 is 5.94. The van der Waals surface area contributed by atoms with Gasteiger partial charge in [-0.3, -0.25) is 0 Å². The summed E-state index contributed by atoms with van der Waals surface area (Å²) in [7, 11) is 0. The Kier molecular flexibility index (Phi) is 8.00. The molecule has 0 fully saturated rings. The summed E-state index contributed by atoms with van der Waals surface area (Å²) in [6.45, 7) is 6.21. The second-order valence-electron chi connectivity index (χ2n) is 7.22. The van der Waals surface area contributed by atoms with Gasteiger partial charge in [-0.2, -0.15) is 0 Å². The van der Waals surface area contributed by atoms with E-state index in [-0.39, 0.29) is 23.2 Å². The molecule has 0 amide bonds. The predicted octanol–water partition coefficient (Wildman–Crippen LogP) is 5.16. The SMILES string of the molecule is CCCc1c(OCCCC(CC)c2cccc(O)c2O)ccc(C(C)O)c1O. The minimum atomic E-state index is -0.732. The summed E-state index contributed by atoms with van der Waals surface area (Å²) in [4.78, 5) is 0. The van der Waals surface area contributed by atoms with Crippen molar-refractivity contribution in [1.29, 1.82) is 0 Å². The van der Waals surface area contributed by atoms with Gasteiger partial charge >= 0.3 is 0 Å². The fourth-order valence-corrected chi connectivity index (χ4v) is 3.57. The van der Waals surface area contributed by atoms with E-state index in [1.54, 1.807) is 19.1 Å². The summed E-state index contributed by atoms with van der Waals surface area (Å²) in [5.74, 6) is 0.767. The lowest BCUT2D eigenvalue weighted by molar-refractivity contribution is 0.194. The van der Waals surface area contributed by atoms with Gasteiger partial charge in [0.25, 0.3) is 0 Å². The van der Waals surface area contributed by atoms with E-state index < -0.39 is 6.10 Å². The number of phenols is 3. The van der Waals surface area contributed by atoms with Crippen molar-refractivity contribution >= 4 is 0 Å². The standard InChI is InChI=1S/C23H32O5/c1-4-8-19-21(13-12-17(15(3)24)22(19)26)28-14-7-9-16(5-2)18-10-6-11-20(25)23(18)27/h6,10-13,15-16,24-27H,4-5,7-9,14H2,1-3H3. The number of aromatic hydroxyl groups is 3. The Balaban J connectivity index is 2.02. The number of aliphatic hydroxyl groups excluding tert-OH is 1. The highest BCUT2D eigenvalue weighted by atomic mass is 16.5. The highest BCUT2D eigenvalue weighted by Crippen LogP contribution is 2.38. The molecule has 2 aromatic carbocycles. The first kappa shape index (κ1) is 21.9. The molecule has 0 saturated carbocycles. The fraction of sp³-hybridized carbons (Fsp3) is 0.478. The average Bonchev–Trinajstić information content (AvgIpc) is 2.66. The summed E-state index contributed by atoms with van der Waals surface area (Å²) >= 11 is 0. The van der Waals surface area contributed by atoms with Crippen LogP contribution in [0.5, 0.6) is 23.0 Å². The van der Waals surface area contributed by atoms with Crippen LogP contribution < -0.4 is 4.74 Å². The quantitative estimate of drug-likeness (QED) is 0.333. The molecular weight excluding hydrogens is 356 g/mol. The topological polar surface area (TPSA) is 90.2 Å². The van der Waals surface area contributed by atoms with Gasteiger partial charge in [-0.25, -0.2) is 0 Å². The molecule has 4 N–H and O–H groups in total. The second kappa shape index (κ2) is 10.2. The highest BCUT2D eigenvalue weighted by molar-refractivity contribution is 5.50. The lowest BCUT2D eigenvalue weighted by Crippen LogP contribution is -2.05. The van der Waals surface area contributed by atoms with Crippen LogP contribution in [0.1, 0.15) is 75.2 Å². The summed E-state index contributed by atoms with van der Waals surface area (Å²) in [6.07, 6.45) is 3.25. The molecular formula is C23H32O5. The minimum absolute atomic E-state index is 0.0425. The van der Waals surface area contributed by atoms with Crippen LogP contribution in [0.25, 0.3) is 0 Å². The number of hydrogen-bond acceptors (Lipinski definition) is 5. The van der Waals surface area contributed by atoms with E-state index in [0.717, 1.165) is 36.8 Å². The third-order valence-electron chi connectivity index (χ3n) is 5.15. The van der Waals surface area contributed by atoms with Crippen molar-refractivity contribution in [3.63, 3.8) is 0 Å². The van der Waals surface area contributed by atoms with E-state index >= 15 is 0 Å². The van der Waals surface area contributed by atoms with E-state index in [2.05, 4.69) is 6.92 Å². The molecule has 5 nitrogen and oxygen atoms in total. The number of rotatable bonds is 10. The largest absolute Gasteiger partial charge is 0.507 e. The molecule has 0 spiro atoms. The minimum Gasteiger partial charge on any atom is -0.507 e. The predicted molar refractivity (Wildman–Crippen MR) is 110 cm³/mol. The average molecular weight is 389 g/mol. The Morgan fingerprint density at radius 3 is 2.36 bits per heavy atom. The van der Waals surface area contributed by atoms with E-state index in [1.807, 2.05) is 19.1 Å². The third-order valence-corrected chi connectivity index (χ3v) is 5.15. The molecule has 0 aliphatic heterocycles. The molecule has 0 aliphatic carbocycles. The summed E-state index contributed by atoms with van der Waals surface area (Å²) in [5, 5.41) is 40.1. The Morgan fingerprint density at radius 2 is 1.71 bits per heavy atom. The van der Waals surface area contributed by atoms with Crippen molar-refractivity contribution < 1.29 is 25.2 Å². The molecule has 28 heavy (non-hydrogen) atoms. The molecule has 0 aromatic heterocycles. The Morgan fingerprint density at radius 1 is 0.964 bits per heavy atom. The normalized spacial score (nSPS) is 13.3. The van der Waals surface area contributed by atoms with Gasteiger partial charge in [-0.1, -0.05) is 32.4 Å². The summed E-state index contributed by atoms with van der Waals surface area (Å²) in [5.41, 5.74) is 2.01. The van der Waals surface area contributed by atoms with Crippen molar-refractivity contribution in [3.8, 4) is 23.0 Å². The number of hydrogen-bond donors (Lipinski definition) is 4. The first-order valence-corrected chi connectivity index (χ1v) is 10.1. The fourth-order valence-electron chi connectivity index (χ4n) is 3.57. The first-order chi connectivity index (χ1) is 13.4. The zero-order valence-electron chi connectivity index (χ0n) is 17.0. The van der Waals surface area contributed by atoms with Crippen molar-refractivity contribution in [2.45, 2.75) is 64.9 Å². The molecule has 0 heterocycles. The summed E-state index contributed by atoms with van der Waals surface area (Å²) in [6, 6.07) is 8.58. The molecule has 2 aromatic rings. The van der Waals surface area contributed by atoms with Crippen LogP contribution in [0.3, 0.4) is 0 Å². The highest BCUT2D eigenvalue weighted by Gasteiger charge is 2.18. The van der Waals surface area contributed by atoms with Crippen molar-refractivity contribution in [2.75, 3.05) is 6.61 Å². The lowest BCUT2D eigenvalue weighted by Gasteiger charge is -2.19. The molecule has 5 heteroatoms. The maximum Gasteiger partial charge on any atom is 0.160 e. The van der Waals surface area contributed by atoms with E-state index in [0.29, 0.717) is 24.3 Å². The van der Waals surface area contributed by atoms with Crippen molar-refractivity contribution in [2.24, 2.45) is 0 Å². The Bertz CT molecular complexity index is 770. The first-order valence-electron chi connectivity index (χ1n) is 10.1. The van der Waals surface area contributed by atoms with Gasteiger partial charge in [0.05, 0.1) is 12.7 Å². The van der Waals surface area contributed by atoms with Gasteiger partial charge in [-0.05, 0) is 56.7 Å². The van der Waals surface area contributed by atoms with E-state index in [4.69, 9.17) is 4.74 Å². The number of aliphatic hydroxyl groups is 1. The van der Waals surface area contributed by atoms with Crippen LogP contribution in [0.2, 0.25) is 0 Å². The number of para-hydroxylation sites is 1. The third kappa shape index (κ3) is 5.10. The van der Waals surface area contributed by atoms with E-state index in [1.165, 1.54) is 6.07 Å². The smallest absolute Gasteiger partial charge is 0.160 e. The number of ether oxygens (including phenoxy) is 1.